The highest BCUT2D eigenvalue weighted by atomic mass is 16.6. The van der Waals surface area contributed by atoms with Gasteiger partial charge in [0.05, 0.1) is 6.61 Å². The number of piperazine rings is 1. The third-order valence-electron chi connectivity index (χ3n) is 4.62. The lowest BCUT2D eigenvalue weighted by Crippen LogP contribution is -2.49. The van der Waals surface area contributed by atoms with E-state index in [9.17, 15) is 9.59 Å². The molecule has 2 heterocycles. The Balaban J connectivity index is 1.65. The molecule has 2 aromatic rings. The van der Waals surface area contributed by atoms with Crippen LogP contribution in [-0.2, 0) is 4.74 Å². The maximum absolute atomic E-state index is 12.7. The van der Waals surface area contributed by atoms with E-state index in [0.717, 1.165) is 22.6 Å². The second kappa shape index (κ2) is 8.73. The summed E-state index contributed by atoms with van der Waals surface area (Å²) in [4.78, 5) is 32.6. The normalized spacial score (nSPS) is 14.0. The van der Waals surface area contributed by atoms with Crippen molar-refractivity contribution in [2.75, 3.05) is 43.0 Å². The molecule has 1 fully saturated rings. The standard InChI is InChI=1S/C21H26N4O3/c1-4-28-21(27)25-9-7-24(8-10-25)19-14-17(5-6-22-19)20(26)23-18-12-15(2)11-16(3)13-18/h5-6,11-14H,4,7-10H2,1-3H3,(H,23,26). The molecular formula is C21H26N4O3. The monoisotopic (exact) mass is 382 g/mol. The number of amides is 2. The number of anilines is 2. The smallest absolute Gasteiger partial charge is 0.409 e. The van der Waals surface area contributed by atoms with Crippen LogP contribution in [0.3, 0.4) is 0 Å². The molecule has 1 N–H and O–H groups in total. The zero-order valence-electron chi connectivity index (χ0n) is 16.6. The van der Waals surface area contributed by atoms with E-state index in [1.54, 1.807) is 30.2 Å². The fourth-order valence-electron chi connectivity index (χ4n) is 3.32. The Kier molecular flexibility index (Phi) is 6.13. The Hall–Kier alpha value is -3.09. The summed E-state index contributed by atoms with van der Waals surface area (Å²) in [6.07, 6.45) is 1.36. The lowest BCUT2D eigenvalue weighted by molar-refractivity contribution is 0.102. The molecule has 0 spiro atoms. The molecular weight excluding hydrogens is 356 g/mol. The summed E-state index contributed by atoms with van der Waals surface area (Å²) < 4.78 is 5.05. The van der Waals surface area contributed by atoms with Gasteiger partial charge in [0.2, 0.25) is 0 Å². The van der Waals surface area contributed by atoms with Crippen molar-refractivity contribution in [3.8, 4) is 0 Å². The van der Waals surface area contributed by atoms with E-state index >= 15 is 0 Å². The highest BCUT2D eigenvalue weighted by molar-refractivity contribution is 6.04. The minimum absolute atomic E-state index is 0.168. The van der Waals surface area contributed by atoms with Crippen molar-refractivity contribution in [2.45, 2.75) is 20.8 Å². The van der Waals surface area contributed by atoms with Crippen LogP contribution in [-0.4, -0.2) is 54.7 Å². The van der Waals surface area contributed by atoms with Crippen LogP contribution in [0.5, 0.6) is 0 Å². The van der Waals surface area contributed by atoms with Crippen molar-refractivity contribution >= 4 is 23.5 Å². The fourth-order valence-corrected chi connectivity index (χ4v) is 3.32. The Labute approximate surface area is 165 Å². The van der Waals surface area contributed by atoms with Crippen LogP contribution in [0.2, 0.25) is 0 Å². The lowest BCUT2D eigenvalue weighted by Gasteiger charge is -2.34. The average molecular weight is 382 g/mol. The van der Waals surface area contributed by atoms with Gasteiger partial charge in [0.25, 0.3) is 5.91 Å². The minimum atomic E-state index is -0.281. The van der Waals surface area contributed by atoms with Gasteiger partial charge in [-0.15, -0.1) is 0 Å². The number of hydrogen-bond acceptors (Lipinski definition) is 5. The van der Waals surface area contributed by atoms with Crippen LogP contribution in [0.15, 0.2) is 36.5 Å². The molecule has 1 aromatic carbocycles. The second-order valence-electron chi connectivity index (χ2n) is 6.91. The van der Waals surface area contributed by atoms with Gasteiger partial charge in [-0.3, -0.25) is 4.79 Å². The van der Waals surface area contributed by atoms with E-state index in [0.29, 0.717) is 38.3 Å². The molecule has 0 unspecified atom stereocenters. The highest BCUT2D eigenvalue weighted by Gasteiger charge is 2.23. The third kappa shape index (κ3) is 4.79. The first kappa shape index (κ1) is 19.7. The van der Waals surface area contributed by atoms with Gasteiger partial charge in [-0.25, -0.2) is 9.78 Å². The first-order valence-electron chi connectivity index (χ1n) is 9.48. The van der Waals surface area contributed by atoms with Crippen molar-refractivity contribution in [2.24, 2.45) is 0 Å². The summed E-state index contributed by atoms with van der Waals surface area (Å²) in [5, 5.41) is 2.95. The first-order valence-corrected chi connectivity index (χ1v) is 9.48. The molecule has 1 saturated heterocycles. The molecule has 1 aromatic heterocycles. The van der Waals surface area contributed by atoms with Gasteiger partial charge in [0, 0.05) is 43.6 Å². The van der Waals surface area contributed by atoms with Crippen LogP contribution >= 0.6 is 0 Å². The molecule has 0 saturated carbocycles. The molecule has 1 aliphatic heterocycles. The summed E-state index contributed by atoms with van der Waals surface area (Å²) >= 11 is 0. The molecule has 0 bridgehead atoms. The van der Waals surface area contributed by atoms with Crippen molar-refractivity contribution in [1.29, 1.82) is 0 Å². The SMILES string of the molecule is CCOC(=O)N1CCN(c2cc(C(=O)Nc3cc(C)cc(C)c3)ccn2)CC1. The third-order valence-corrected chi connectivity index (χ3v) is 4.62. The molecule has 28 heavy (non-hydrogen) atoms. The summed E-state index contributed by atoms with van der Waals surface area (Å²) in [6, 6.07) is 9.45. The number of carbonyl (C=O) groups is 2. The quantitative estimate of drug-likeness (QED) is 0.879. The Morgan fingerprint density at radius 3 is 2.39 bits per heavy atom. The van der Waals surface area contributed by atoms with E-state index in [4.69, 9.17) is 4.74 Å². The highest BCUT2D eigenvalue weighted by Crippen LogP contribution is 2.18. The minimum Gasteiger partial charge on any atom is -0.450 e. The maximum Gasteiger partial charge on any atom is 0.409 e. The van der Waals surface area contributed by atoms with Gasteiger partial charge < -0.3 is 19.9 Å². The van der Waals surface area contributed by atoms with E-state index < -0.39 is 0 Å². The number of aryl methyl sites for hydroxylation is 2. The van der Waals surface area contributed by atoms with Gasteiger partial charge in [0.15, 0.2) is 0 Å². The lowest BCUT2D eigenvalue weighted by atomic mass is 10.1. The van der Waals surface area contributed by atoms with Gasteiger partial charge in [-0.1, -0.05) is 6.07 Å². The van der Waals surface area contributed by atoms with Gasteiger partial charge in [0.1, 0.15) is 5.82 Å². The number of carbonyl (C=O) groups excluding carboxylic acids is 2. The first-order chi connectivity index (χ1) is 13.5. The summed E-state index contributed by atoms with van der Waals surface area (Å²) in [5.41, 5.74) is 3.54. The summed E-state index contributed by atoms with van der Waals surface area (Å²) in [6.45, 7) is 8.61. The van der Waals surface area contributed by atoms with E-state index in [-0.39, 0.29) is 12.0 Å². The predicted octanol–water partition coefficient (Wildman–Crippen LogP) is 3.23. The van der Waals surface area contributed by atoms with Crippen molar-refractivity contribution < 1.29 is 14.3 Å². The molecule has 148 valence electrons. The summed E-state index contributed by atoms with van der Waals surface area (Å²) in [5.74, 6) is 0.565. The number of aromatic nitrogens is 1. The molecule has 3 rings (SSSR count). The average Bonchev–Trinajstić information content (AvgIpc) is 2.67. The second-order valence-corrected chi connectivity index (χ2v) is 6.91. The summed E-state index contributed by atoms with van der Waals surface area (Å²) in [7, 11) is 0. The topological polar surface area (TPSA) is 74.8 Å². The number of nitrogens with zero attached hydrogens (tertiary/aromatic N) is 3. The largest absolute Gasteiger partial charge is 0.450 e. The molecule has 0 radical (unpaired) electrons. The van der Waals surface area contributed by atoms with Crippen LogP contribution in [0.1, 0.15) is 28.4 Å². The Morgan fingerprint density at radius 2 is 1.75 bits per heavy atom. The van der Waals surface area contributed by atoms with Crippen LogP contribution in [0.25, 0.3) is 0 Å². The van der Waals surface area contributed by atoms with Crippen LogP contribution in [0, 0.1) is 13.8 Å². The predicted molar refractivity (Wildman–Crippen MR) is 109 cm³/mol. The number of hydrogen-bond donors (Lipinski definition) is 1. The maximum atomic E-state index is 12.7. The molecule has 7 heteroatoms. The van der Waals surface area contributed by atoms with Crippen LogP contribution in [0.4, 0.5) is 16.3 Å². The van der Waals surface area contributed by atoms with Crippen molar-refractivity contribution in [3.63, 3.8) is 0 Å². The fraction of sp³-hybridized carbons (Fsp3) is 0.381. The van der Waals surface area contributed by atoms with Gasteiger partial charge in [-0.2, -0.15) is 0 Å². The zero-order chi connectivity index (χ0) is 20.1. The van der Waals surface area contributed by atoms with Crippen molar-refractivity contribution in [1.82, 2.24) is 9.88 Å². The van der Waals surface area contributed by atoms with E-state index in [2.05, 4.69) is 21.3 Å². The van der Waals surface area contributed by atoms with Gasteiger partial charge in [-0.05, 0) is 56.2 Å². The van der Waals surface area contributed by atoms with Crippen LogP contribution < -0.4 is 10.2 Å². The molecule has 0 atom stereocenters. The number of benzene rings is 1. The number of nitrogens with one attached hydrogen (secondary N) is 1. The van der Waals surface area contributed by atoms with E-state index in [1.807, 2.05) is 26.0 Å². The zero-order valence-corrected chi connectivity index (χ0v) is 16.6. The van der Waals surface area contributed by atoms with E-state index in [1.165, 1.54) is 0 Å². The molecule has 7 nitrogen and oxygen atoms in total. The number of rotatable bonds is 4. The van der Waals surface area contributed by atoms with Gasteiger partial charge >= 0.3 is 6.09 Å². The molecule has 0 aliphatic carbocycles. The Morgan fingerprint density at radius 1 is 1.07 bits per heavy atom. The molecule has 1 aliphatic rings. The number of ether oxygens (including phenoxy) is 1. The molecule has 2 amide bonds. The number of pyridine rings is 1. The Bertz CT molecular complexity index is 840. The van der Waals surface area contributed by atoms with Crippen molar-refractivity contribution in [3.05, 3.63) is 53.2 Å².